The van der Waals surface area contributed by atoms with Crippen LogP contribution in [0.1, 0.15) is 35.8 Å². The van der Waals surface area contributed by atoms with Crippen LogP contribution in [0, 0.1) is 0 Å². The Morgan fingerprint density at radius 2 is 2.38 bits per heavy atom. The molecule has 0 atom stereocenters. The number of hydrogen-bond donors (Lipinski definition) is 2. The Bertz CT molecular complexity index is 330. The fraction of sp³-hybridized carbons (Fsp3) is 0.556. The van der Waals surface area contributed by atoms with Gasteiger partial charge in [0.15, 0.2) is 11.6 Å². The van der Waals surface area contributed by atoms with Crippen molar-refractivity contribution in [2.75, 3.05) is 11.9 Å². The number of Topliss-reactive ketones (excluding diaryl/α,β-unsaturated/α-hetero) is 1. The van der Waals surface area contributed by atoms with E-state index < -0.39 is 0 Å². The zero-order valence-corrected chi connectivity index (χ0v) is 7.68. The summed E-state index contributed by atoms with van der Waals surface area (Å²) < 4.78 is 0. The Morgan fingerprint density at radius 3 is 3.15 bits per heavy atom. The zero-order chi connectivity index (χ0) is 9.26. The predicted octanol–water partition coefficient (Wildman–Crippen LogP) is 1.36. The van der Waals surface area contributed by atoms with E-state index in [0.29, 0.717) is 6.42 Å². The minimum absolute atomic E-state index is 0.214. The molecule has 0 unspecified atom stereocenters. The lowest BCUT2D eigenvalue weighted by Crippen LogP contribution is -2.11. The van der Waals surface area contributed by atoms with E-state index in [0.717, 1.165) is 36.5 Å². The van der Waals surface area contributed by atoms with Crippen LogP contribution in [0.15, 0.2) is 0 Å². The van der Waals surface area contributed by atoms with Gasteiger partial charge in [-0.05, 0) is 19.8 Å². The lowest BCUT2D eigenvalue weighted by Gasteiger charge is -2.09. The van der Waals surface area contributed by atoms with Crippen molar-refractivity contribution in [3.63, 3.8) is 0 Å². The van der Waals surface area contributed by atoms with Gasteiger partial charge >= 0.3 is 0 Å². The molecule has 4 heteroatoms. The van der Waals surface area contributed by atoms with E-state index in [4.69, 9.17) is 0 Å². The van der Waals surface area contributed by atoms with E-state index in [2.05, 4.69) is 15.5 Å². The molecule has 0 aromatic carbocycles. The van der Waals surface area contributed by atoms with Gasteiger partial charge in [0.05, 0.1) is 5.56 Å². The summed E-state index contributed by atoms with van der Waals surface area (Å²) in [6.07, 6.45) is 2.55. The molecule has 13 heavy (non-hydrogen) atoms. The fourth-order valence-corrected chi connectivity index (χ4v) is 1.71. The van der Waals surface area contributed by atoms with Crippen LogP contribution < -0.4 is 5.32 Å². The number of nitrogens with zero attached hydrogens (tertiary/aromatic N) is 1. The maximum absolute atomic E-state index is 11.5. The zero-order valence-electron chi connectivity index (χ0n) is 7.68. The van der Waals surface area contributed by atoms with Crippen LogP contribution in [0.2, 0.25) is 0 Å². The number of H-pyrrole nitrogens is 1. The van der Waals surface area contributed by atoms with E-state index in [1.165, 1.54) is 0 Å². The SMILES string of the molecule is CCNc1n[nH]c2c1C(=O)CCC2. The van der Waals surface area contributed by atoms with Crippen LogP contribution in [-0.4, -0.2) is 22.5 Å². The van der Waals surface area contributed by atoms with Crippen molar-refractivity contribution in [3.8, 4) is 0 Å². The Labute approximate surface area is 76.7 Å². The van der Waals surface area contributed by atoms with Crippen molar-refractivity contribution in [1.82, 2.24) is 10.2 Å². The summed E-state index contributed by atoms with van der Waals surface area (Å²) in [6.45, 7) is 2.79. The molecule has 70 valence electrons. The molecule has 1 heterocycles. The third kappa shape index (κ3) is 1.32. The second kappa shape index (κ2) is 3.20. The molecular formula is C9H13N3O. The molecule has 0 bridgehead atoms. The van der Waals surface area contributed by atoms with Crippen molar-refractivity contribution in [1.29, 1.82) is 0 Å². The van der Waals surface area contributed by atoms with Gasteiger partial charge in [-0.3, -0.25) is 9.89 Å². The highest BCUT2D eigenvalue weighted by atomic mass is 16.1. The van der Waals surface area contributed by atoms with Crippen molar-refractivity contribution in [3.05, 3.63) is 11.3 Å². The lowest BCUT2D eigenvalue weighted by molar-refractivity contribution is 0.0973. The third-order valence-electron chi connectivity index (χ3n) is 2.29. The van der Waals surface area contributed by atoms with Gasteiger partial charge in [-0.1, -0.05) is 0 Å². The van der Waals surface area contributed by atoms with Crippen LogP contribution >= 0.6 is 0 Å². The summed E-state index contributed by atoms with van der Waals surface area (Å²) >= 11 is 0. The average Bonchev–Trinajstić information content (AvgIpc) is 2.51. The molecule has 1 aromatic rings. The quantitative estimate of drug-likeness (QED) is 0.720. The minimum atomic E-state index is 0.214. The normalized spacial score (nSPS) is 15.6. The summed E-state index contributed by atoms with van der Waals surface area (Å²) in [5, 5.41) is 10.1. The van der Waals surface area contributed by atoms with Gasteiger partial charge in [-0.2, -0.15) is 5.10 Å². The molecule has 1 aliphatic rings. The van der Waals surface area contributed by atoms with Crippen LogP contribution in [0.4, 0.5) is 5.82 Å². The first-order chi connectivity index (χ1) is 6.33. The topological polar surface area (TPSA) is 57.8 Å². The Kier molecular flexibility index (Phi) is 2.04. The summed E-state index contributed by atoms with van der Waals surface area (Å²) in [5.41, 5.74) is 1.78. The molecule has 0 fully saturated rings. The van der Waals surface area contributed by atoms with E-state index in [1.807, 2.05) is 6.92 Å². The standard InChI is InChI=1S/C9H13N3O/c1-2-10-9-8-6(11-12-9)4-3-5-7(8)13/h2-5H2,1H3,(H2,10,11,12). The fourth-order valence-electron chi connectivity index (χ4n) is 1.71. The molecule has 0 aliphatic heterocycles. The highest BCUT2D eigenvalue weighted by Crippen LogP contribution is 2.25. The lowest BCUT2D eigenvalue weighted by atomic mass is 9.96. The third-order valence-corrected chi connectivity index (χ3v) is 2.29. The summed E-state index contributed by atoms with van der Waals surface area (Å²) in [6, 6.07) is 0. The van der Waals surface area contributed by atoms with E-state index in [1.54, 1.807) is 0 Å². The molecule has 1 aliphatic carbocycles. The Morgan fingerprint density at radius 1 is 1.54 bits per heavy atom. The van der Waals surface area contributed by atoms with Crippen molar-refractivity contribution in [2.45, 2.75) is 26.2 Å². The maximum atomic E-state index is 11.5. The molecule has 0 spiro atoms. The summed E-state index contributed by atoms with van der Waals surface area (Å²) in [4.78, 5) is 11.5. The number of fused-ring (bicyclic) bond motifs is 1. The number of ketones is 1. The number of nitrogens with one attached hydrogen (secondary N) is 2. The molecule has 0 amide bonds. The number of rotatable bonds is 2. The molecule has 0 saturated heterocycles. The predicted molar refractivity (Wildman–Crippen MR) is 50.0 cm³/mol. The number of carbonyl (C=O) groups is 1. The summed E-state index contributed by atoms with van der Waals surface area (Å²) in [5.74, 6) is 0.938. The first kappa shape index (κ1) is 8.29. The van der Waals surface area contributed by atoms with Crippen molar-refractivity contribution >= 4 is 11.6 Å². The smallest absolute Gasteiger partial charge is 0.168 e. The Balaban J connectivity index is 2.38. The van der Waals surface area contributed by atoms with E-state index in [-0.39, 0.29) is 5.78 Å². The molecule has 0 saturated carbocycles. The number of carbonyl (C=O) groups excluding carboxylic acids is 1. The second-order valence-corrected chi connectivity index (χ2v) is 3.23. The highest BCUT2D eigenvalue weighted by Gasteiger charge is 2.23. The van der Waals surface area contributed by atoms with Crippen LogP contribution in [0.25, 0.3) is 0 Å². The van der Waals surface area contributed by atoms with Gasteiger partial charge in [0.25, 0.3) is 0 Å². The highest BCUT2D eigenvalue weighted by molar-refractivity contribution is 6.02. The van der Waals surface area contributed by atoms with Crippen molar-refractivity contribution < 1.29 is 4.79 Å². The second-order valence-electron chi connectivity index (χ2n) is 3.23. The minimum Gasteiger partial charge on any atom is -0.368 e. The van der Waals surface area contributed by atoms with Crippen LogP contribution in [-0.2, 0) is 6.42 Å². The monoisotopic (exact) mass is 179 g/mol. The molecular weight excluding hydrogens is 166 g/mol. The van der Waals surface area contributed by atoms with Crippen LogP contribution in [0.5, 0.6) is 0 Å². The maximum Gasteiger partial charge on any atom is 0.168 e. The average molecular weight is 179 g/mol. The van der Waals surface area contributed by atoms with E-state index >= 15 is 0 Å². The van der Waals surface area contributed by atoms with Gasteiger partial charge < -0.3 is 5.32 Å². The van der Waals surface area contributed by atoms with Crippen molar-refractivity contribution in [2.24, 2.45) is 0 Å². The Hall–Kier alpha value is -1.32. The molecule has 4 nitrogen and oxygen atoms in total. The van der Waals surface area contributed by atoms with Crippen LogP contribution in [0.3, 0.4) is 0 Å². The molecule has 2 rings (SSSR count). The molecule has 1 aromatic heterocycles. The van der Waals surface area contributed by atoms with Gasteiger partial charge in [-0.25, -0.2) is 0 Å². The number of aryl methyl sites for hydroxylation is 1. The van der Waals surface area contributed by atoms with Gasteiger partial charge in [0.2, 0.25) is 0 Å². The van der Waals surface area contributed by atoms with Gasteiger partial charge in [-0.15, -0.1) is 0 Å². The number of anilines is 1. The van der Waals surface area contributed by atoms with Gasteiger partial charge in [0.1, 0.15) is 0 Å². The van der Waals surface area contributed by atoms with E-state index in [9.17, 15) is 4.79 Å². The molecule has 2 N–H and O–H groups in total. The largest absolute Gasteiger partial charge is 0.368 e. The molecule has 0 radical (unpaired) electrons. The van der Waals surface area contributed by atoms with Gasteiger partial charge in [0, 0.05) is 18.7 Å². The number of hydrogen-bond acceptors (Lipinski definition) is 3. The number of aromatic nitrogens is 2. The number of aromatic amines is 1. The summed E-state index contributed by atoms with van der Waals surface area (Å²) in [7, 11) is 0. The first-order valence-electron chi connectivity index (χ1n) is 4.67. The first-order valence-corrected chi connectivity index (χ1v) is 4.67.